The van der Waals surface area contributed by atoms with Crippen molar-refractivity contribution in [1.82, 2.24) is 20.2 Å². The molecule has 0 saturated heterocycles. The lowest BCUT2D eigenvalue weighted by Gasteiger charge is -2.12. The highest BCUT2D eigenvalue weighted by Crippen LogP contribution is 2.38. The Hall–Kier alpha value is -1.40. The first-order valence-corrected chi connectivity index (χ1v) is 8.30. The number of hydrogen-bond acceptors (Lipinski definition) is 5. The first-order valence-electron chi connectivity index (χ1n) is 7.48. The maximum absolute atomic E-state index is 6.05. The van der Waals surface area contributed by atoms with Crippen LogP contribution in [0, 0.1) is 6.92 Å². The van der Waals surface area contributed by atoms with Crippen molar-refractivity contribution >= 4 is 11.8 Å². The van der Waals surface area contributed by atoms with Gasteiger partial charge in [0.1, 0.15) is 0 Å². The fourth-order valence-electron chi connectivity index (χ4n) is 2.29. The zero-order chi connectivity index (χ0) is 14.8. The van der Waals surface area contributed by atoms with Crippen molar-refractivity contribution in [3.8, 4) is 0 Å². The number of tetrazole rings is 1. The highest BCUT2D eigenvalue weighted by Gasteiger charge is 2.28. The largest absolute Gasteiger partial charge is 0.327 e. The third-order valence-corrected chi connectivity index (χ3v) is 4.83. The van der Waals surface area contributed by atoms with Crippen LogP contribution in [0.2, 0.25) is 0 Å². The summed E-state index contributed by atoms with van der Waals surface area (Å²) >= 11 is 1.63. The Morgan fingerprint density at radius 1 is 1.43 bits per heavy atom. The quantitative estimate of drug-likeness (QED) is 0.888. The first-order chi connectivity index (χ1) is 10.2. The van der Waals surface area contributed by atoms with E-state index >= 15 is 0 Å². The normalized spacial score (nSPS) is 16.1. The molecule has 2 N–H and O–H groups in total. The van der Waals surface area contributed by atoms with Crippen LogP contribution < -0.4 is 5.73 Å². The van der Waals surface area contributed by atoms with E-state index in [4.69, 9.17) is 5.73 Å². The number of aryl methyl sites for hydroxylation is 1. The molecular weight excluding hydrogens is 282 g/mol. The molecule has 1 aromatic carbocycles. The molecule has 2 aromatic rings. The summed E-state index contributed by atoms with van der Waals surface area (Å²) in [5.74, 6) is 0. The van der Waals surface area contributed by atoms with E-state index in [1.165, 1.54) is 28.9 Å². The summed E-state index contributed by atoms with van der Waals surface area (Å²) in [7, 11) is 0. The van der Waals surface area contributed by atoms with Crippen LogP contribution in [-0.2, 0) is 6.42 Å². The number of hydrogen-bond donors (Lipinski definition) is 1. The third kappa shape index (κ3) is 3.44. The average molecular weight is 303 g/mol. The van der Waals surface area contributed by atoms with Crippen molar-refractivity contribution in [3.05, 3.63) is 29.3 Å². The summed E-state index contributed by atoms with van der Waals surface area (Å²) in [6.07, 6.45) is 4.32. The van der Waals surface area contributed by atoms with Gasteiger partial charge in [-0.3, -0.25) is 0 Å². The van der Waals surface area contributed by atoms with Crippen LogP contribution in [0.25, 0.3) is 0 Å². The Labute approximate surface area is 129 Å². The van der Waals surface area contributed by atoms with E-state index in [1.54, 1.807) is 11.8 Å². The van der Waals surface area contributed by atoms with Crippen LogP contribution in [0.5, 0.6) is 0 Å². The van der Waals surface area contributed by atoms with Gasteiger partial charge in [0.2, 0.25) is 5.16 Å². The zero-order valence-electron chi connectivity index (χ0n) is 12.5. The van der Waals surface area contributed by atoms with Crippen LogP contribution in [0.3, 0.4) is 0 Å². The van der Waals surface area contributed by atoms with E-state index in [0.717, 1.165) is 18.0 Å². The van der Waals surface area contributed by atoms with Gasteiger partial charge < -0.3 is 5.73 Å². The lowest BCUT2D eigenvalue weighted by Crippen LogP contribution is -2.21. The van der Waals surface area contributed by atoms with Gasteiger partial charge in [0, 0.05) is 10.9 Å². The van der Waals surface area contributed by atoms with E-state index < -0.39 is 0 Å². The maximum Gasteiger partial charge on any atom is 0.214 e. The minimum Gasteiger partial charge on any atom is -0.327 e. The van der Waals surface area contributed by atoms with Crippen LogP contribution in [0.1, 0.15) is 43.4 Å². The maximum atomic E-state index is 6.05. The van der Waals surface area contributed by atoms with E-state index in [-0.39, 0.29) is 6.04 Å². The smallest absolute Gasteiger partial charge is 0.214 e. The molecule has 5 nitrogen and oxygen atoms in total. The molecule has 1 aliphatic rings. The standard InChI is InChI=1S/C15H21N5S/c1-3-12(16)9-11-4-7-14(8-10(11)2)21-15-17-18-19-20(15)13-5-6-13/h4,7-8,12-13H,3,5-6,9,16H2,1-2H3. The molecule has 3 rings (SSSR count). The van der Waals surface area contributed by atoms with Crippen LogP contribution in [-0.4, -0.2) is 26.2 Å². The molecule has 0 aliphatic heterocycles. The average Bonchev–Trinajstić information content (AvgIpc) is 3.22. The number of nitrogens with two attached hydrogens (primary N) is 1. The van der Waals surface area contributed by atoms with E-state index in [0.29, 0.717) is 6.04 Å². The molecule has 0 spiro atoms. The van der Waals surface area contributed by atoms with Crippen molar-refractivity contribution in [2.45, 2.75) is 61.7 Å². The molecule has 0 bridgehead atoms. The summed E-state index contributed by atoms with van der Waals surface area (Å²) in [5.41, 5.74) is 8.66. The van der Waals surface area contributed by atoms with Gasteiger partial charge >= 0.3 is 0 Å². The summed E-state index contributed by atoms with van der Waals surface area (Å²) < 4.78 is 1.95. The van der Waals surface area contributed by atoms with Gasteiger partial charge in [-0.25, -0.2) is 4.68 Å². The second-order valence-electron chi connectivity index (χ2n) is 5.70. The molecule has 1 unspecified atom stereocenters. The second kappa shape index (κ2) is 6.15. The van der Waals surface area contributed by atoms with Gasteiger partial charge in [0.25, 0.3) is 0 Å². The molecule has 1 aliphatic carbocycles. The molecule has 1 saturated carbocycles. The van der Waals surface area contributed by atoms with Crippen molar-refractivity contribution < 1.29 is 0 Å². The van der Waals surface area contributed by atoms with E-state index in [2.05, 4.69) is 47.6 Å². The van der Waals surface area contributed by atoms with Gasteiger partial charge in [-0.05, 0) is 78.1 Å². The monoisotopic (exact) mass is 303 g/mol. The predicted octanol–water partition coefficient (Wildman–Crippen LogP) is 2.75. The van der Waals surface area contributed by atoms with Crippen molar-refractivity contribution in [2.24, 2.45) is 5.73 Å². The number of aromatic nitrogens is 4. The molecule has 1 aromatic heterocycles. The van der Waals surface area contributed by atoms with Gasteiger partial charge in [-0.15, -0.1) is 5.10 Å². The van der Waals surface area contributed by atoms with Gasteiger partial charge in [0.15, 0.2) is 0 Å². The topological polar surface area (TPSA) is 69.6 Å². The molecule has 0 amide bonds. The second-order valence-corrected chi connectivity index (χ2v) is 6.74. The number of benzene rings is 1. The molecule has 1 atom stereocenters. The minimum absolute atomic E-state index is 0.240. The molecule has 6 heteroatoms. The Morgan fingerprint density at radius 3 is 2.90 bits per heavy atom. The summed E-state index contributed by atoms with van der Waals surface area (Å²) in [6.45, 7) is 4.27. The Bertz CT molecular complexity index is 620. The highest BCUT2D eigenvalue weighted by atomic mass is 32.2. The van der Waals surface area contributed by atoms with Gasteiger partial charge in [-0.2, -0.15) is 0 Å². The van der Waals surface area contributed by atoms with E-state index in [1.807, 2.05) is 4.68 Å². The summed E-state index contributed by atoms with van der Waals surface area (Å²) in [5, 5.41) is 12.9. The van der Waals surface area contributed by atoms with Crippen LogP contribution in [0.15, 0.2) is 28.3 Å². The van der Waals surface area contributed by atoms with Crippen LogP contribution in [0.4, 0.5) is 0 Å². The van der Waals surface area contributed by atoms with E-state index in [9.17, 15) is 0 Å². The van der Waals surface area contributed by atoms with Gasteiger partial charge in [0.05, 0.1) is 6.04 Å². The first kappa shape index (κ1) is 14.5. The molecule has 21 heavy (non-hydrogen) atoms. The number of rotatable bonds is 6. The predicted molar refractivity (Wildman–Crippen MR) is 83.4 cm³/mol. The number of nitrogens with zero attached hydrogens (tertiary/aromatic N) is 4. The molecule has 1 heterocycles. The zero-order valence-corrected chi connectivity index (χ0v) is 13.3. The SMILES string of the molecule is CCC(N)Cc1ccc(Sc2nnnn2C2CC2)cc1C. The lowest BCUT2D eigenvalue weighted by atomic mass is 10.0. The van der Waals surface area contributed by atoms with Crippen molar-refractivity contribution in [3.63, 3.8) is 0 Å². The molecular formula is C15H21N5S. The molecule has 1 fully saturated rings. The lowest BCUT2D eigenvalue weighted by molar-refractivity contribution is 0.565. The Kier molecular flexibility index (Phi) is 4.26. The third-order valence-electron chi connectivity index (χ3n) is 3.89. The van der Waals surface area contributed by atoms with Crippen molar-refractivity contribution in [2.75, 3.05) is 0 Å². The Morgan fingerprint density at radius 2 is 2.24 bits per heavy atom. The fraction of sp³-hybridized carbons (Fsp3) is 0.533. The van der Waals surface area contributed by atoms with Crippen LogP contribution >= 0.6 is 11.8 Å². The van der Waals surface area contributed by atoms with Gasteiger partial charge in [-0.1, -0.05) is 13.0 Å². The minimum atomic E-state index is 0.240. The molecule has 112 valence electrons. The Balaban J connectivity index is 1.74. The van der Waals surface area contributed by atoms with Crippen molar-refractivity contribution in [1.29, 1.82) is 0 Å². The summed E-state index contributed by atoms with van der Waals surface area (Å²) in [6, 6.07) is 7.27. The summed E-state index contributed by atoms with van der Waals surface area (Å²) in [4.78, 5) is 1.18. The highest BCUT2D eigenvalue weighted by molar-refractivity contribution is 7.99. The molecule has 0 radical (unpaired) electrons. The fourth-order valence-corrected chi connectivity index (χ4v) is 3.23.